The first-order chi connectivity index (χ1) is 6.06. The number of aliphatic imine (C=N–C) groups is 2. The summed E-state index contributed by atoms with van der Waals surface area (Å²) in [5.41, 5.74) is 16.6. The highest BCUT2D eigenvalue weighted by molar-refractivity contribution is 5.98. The predicted octanol–water partition coefficient (Wildman–Crippen LogP) is -2.13. The van der Waals surface area contributed by atoms with Gasteiger partial charge in [-0.05, 0) is 6.92 Å². The lowest BCUT2D eigenvalue weighted by Gasteiger charge is -2.25. The molecule has 0 saturated carbocycles. The number of nitrogens with zero attached hydrogens (tertiary/aromatic N) is 2. The Labute approximate surface area is 76.0 Å². The molecule has 0 aliphatic carbocycles. The second-order valence-electron chi connectivity index (χ2n) is 2.63. The zero-order valence-corrected chi connectivity index (χ0v) is 7.45. The molecule has 7 nitrogen and oxygen atoms in total. The van der Waals surface area contributed by atoms with Gasteiger partial charge in [-0.2, -0.15) is 0 Å². The second kappa shape index (κ2) is 3.58. The van der Waals surface area contributed by atoms with E-state index in [1.807, 2.05) is 6.92 Å². The van der Waals surface area contributed by atoms with E-state index >= 15 is 0 Å². The Morgan fingerprint density at radius 3 is 2.38 bits per heavy atom. The Hall–Kier alpha value is -1.34. The summed E-state index contributed by atoms with van der Waals surface area (Å²) in [6, 6.07) is 0. The third-order valence-corrected chi connectivity index (χ3v) is 1.40. The minimum absolute atomic E-state index is 0.148. The van der Waals surface area contributed by atoms with Crippen LogP contribution in [0, 0.1) is 0 Å². The van der Waals surface area contributed by atoms with Crippen molar-refractivity contribution in [2.24, 2.45) is 27.2 Å². The molecule has 1 aliphatic rings. The molecule has 0 amide bonds. The lowest BCUT2D eigenvalue weighted by atomic mass is 10.4. The van der Waals surface area contributed by atoms with Crippen LogP contribution in [0.1, 0.15) is 6.92 Å². The van der Waals surface area contributed by atoms with Crippen LogP contribution in [0.4, 0.5) is 0 Å². The average molecular weight is 186 g/mol. The Balaban J connectivity index is 2.70. The lowest BCUT2D eigenvalue weighted by molar-refractivity contribution is 0.100. The van der Waals surface area contributed by atoms with Crippen LogP contribution in [0.15, 0.2) is 9.98 Å². The Morgan fingerprint density at radius 1 is 1.38 bits per heavy atom. The van der Waals surface area contributed by atoms with E-state index in [-0.39, 0.29) is 18.5 Å². The van der Waals surface area contributed by atoms with Gasteiger partial charge in [0.2, 0.25) is 5.79 Å². The van der Waals surface area contributed by atoms with Crippen molar-refractivity contribution in [3.05, 3.63) is 0 Å². The van der Waals surface area contributed by atoms with Gasteiger partial charge >= 0.3 is 0 Å². The summed E-state index contributed by atoms with van der Waals surface area (Å²) < 4.78 is 5.09. The molecule has 0 radical (unpaired) electrons. The van der Waals surface area contributed by atoms with Crippen molar-refractivity contribution in [1.29, 1.82) is 0 Å². The lowest BCUT2D eigenvalue weighted by Crippen LogP contribution is -2.54. The van der Waals surface area contributed by atoms with Crippen LogP contribution < -0.4 is 22.5 Å². The first kappa shape index (κ1) is 9.75. The highest BCUT2D eigenvalue weighted by atomic mass is 16.5. The Kier molecular flexibility index (Phi) is 2.69. The maximum atomic E-state index is 5.73. The number of rotatable bonds is 3. The molecule has 1 heterocycles. The van der Waals surface area contributed by atoms with Gasteiger partial charge in [-0.25, -0.2) is 9.98 Å². The van der Waals surface area contributed by atoms with Crippen LogP contribution in [0.5, 0.6) is 0 Å². The van der Waals surface area contributed by atoms with Gasteiger partial charge in [0.25, 0.3) is 0 Å². The summed E-state index contributed by atoms with van der Waals surface area (Å²) in [5.74, 6) is -0.889. The van der Waals surface area contributed by atoms with Crippen molar-refractivity contribution >= 4 is 11.9 Å². The summed E-state index contributed by atoms with van der Waals surface area (Å²) in [5, 5.41) is 2.53. The van der Waals surface area contributed by atoms with E-state index in [1.165, 1.54) is 0 Å². The van der Waals surface area contributed by atoms with Gasteiger partial charge in [-0.3, -0.25) is 11.1 Å². The fraction of sp³-hybridized carbons (Fsp3) is 0.667. The molecule has 0 aromatic rings. The largest absolute Gasteiger partial charge is 0.376 e. The second-order valence-corrected chi connectivity index (χ2v) is 2.63. The maximum Gasteiger partial charge on any atom is 0.232 e. The third kappa shape index (κ3) is 2.56. The van der Waals surface area contributed by atoms with Crippen LogP contribution >= 0.6 is 0 Å². The van der Waals surface area contributed by atoms with Crippen molar-refractivity contribution in [3.63, 3.8) is 0 Å². The smallest absolute Gasteiger partial charge is 0.232 e. The zero-order chi connectivity index (χ0) is 9.90. The van der Waals surface area contributed by atoms with Crippen LogP contribution in [0.3, 0.4) is 0 Å². The number of nitrogens with two attached hydrogens (primary N) is 3. The quantitative estimate of drug-likeness (QED) is 0.400. The summed E-state index contributed by atoms with van der Waals surface area (Å²) in [4.78, 5) is 7.74. The molecule has 1 rings (SSSR count). The third-order valence-electron chi connectivity index (χ3n) is 1.40. The number of nitrogens with one attached hydrogen (secondary N) is 1. The minimum atomic E-state index is -1.19. The SMILES string of the molecule is CCOCC1(N)N=C(N)NC(N)=N1. The molecule has 0 fully saturated rings. The molecule has 1 aliphatic heterocycles. The van der Waals surface area contributed by atoms with Crippen LogP contribution in [-0.4, -0.2) is 30.9 Å². The first-order valence-electron chi connectivity index (χ1n) is 3.90. The normalized spacial score (nSPS) is 20.2. The zero-order valence-electron chi connectivity index (χ0n) is 7.45. The number of guanidine groups is 2. The molecule has 7 N–H and O–H groups in total. The molecular weight excluding hydrogens is 172 g/mol. The fourth-order valence-corrected chi connectivity index (χ4v) is 0.946. The first-order valence-corrected chi connectivity index (χ1v) is 3.90. The molecule has 0 aromatic heterocycles. The molecule has 13 heavy (non-hydrogen) atoms. The van der Waals surface area contributed by atoms with Crippen molar-refractivity contribution in [1.82, 2.24) is 5.32 Å². The molecule has 0 unspecified atom stereocenters. The molecule has 0 saturated heterocycles. The van der Waals surface area contributed by atoms with Crippen molar-refractivity contribution in [3.8, 4) is 0 Å². The monoisotopic (exact) mass is 186 g/mol. The van der Waals surface area contributed by atoms with Crippen molar-refractivity contribution in [2.75, 3.05) is 13.2 Å². The highest BCUT2D eigenvalue weighted by Gasteiger charge is 2.27. The topological polar surface area (TPSA) is 124 Å². The van der Waals surface area contributed by atoms with Crippen LogP contribution in [0.2, 0.25) is 0 Å². The van der Waals surface area contributed by atoms with Gasteiger partial charge in [0, 0.05) is 6.61 Å². The van der Waals surface area contributed by atoms with E-state index in [0.29, 0.717) is 6.61 Å². The van der Waals surface area contributed by atoms with Gasteiger partial charge in [0.15, 0.2) is 11.9 Å². The van der Waals surface area contributed by atoms with E-state index in [4.69, 9.17) is 21.9 Å². The fourth-order valence-electron chi connectivity index (χ4n) is 0.946. The van der Waals surface area contributed by atoms with E-state index in [1.54, 1.807) is 0 Å². The molecule has 0 atom stereocenters. The summed E-state index contributed by atoms with van der Waals surface area (Å²) in [6.45, 7) is 2.55. The average Bonchev–Trinajstić information content (AvgIpc) is 1.98. The van der Waals surface area contributed by atoms with Gasteiger partial charge in [0.05, 0.1) is 0 Å². The van der Waals surface area contributed by atoms with E-state index in [2.05, 4.69) is 15.3 Å². The van der Waals surface area contributed by atoms with Gasteiger partial charge in [0.1, 0.15) is 6.61 Å². The van der Waals surface area contributed by atoms with Gasteiger partial charge in [-0.1, -0.05) is 0 Å². The number of ether oxygens (including phenoxy) is 1. The van der Waals surface area contributed by atoms with Crippen molar-refractivity contribution < 1.29 is 4.74 Å². The molecule has 7 heteroatoms. The van der Waals surface area contributed by atoms with Gasteiger partial charge in [-0.15, -0.1) is 0 Å². The molecule has 0 aromatic carbocycles. The summed E-state index contributed by atoms with van der Waals surface area (Å²) in [7, 11) is 0. The minimum Gasteiger partial charge on any atom is -0.376 e. The van der Waals surface area contributed by atoms with E-state index in [0.717, 1.165) is 0 Å². The van der Waals surface area contributed by atoms with E-state index < -0.39 is 5.79 Å². The standard InChI is InChI=1S/C6H14N6O/c1-2-13-3-6(9)11-4(7)10-5(8)12-6/h2-3,9H2,1H3,(H5,7,8,10,11,12). The number of hydrogen-bond acceptors (Lipinski definition) is 7. The van der Waals surface area contributed by atoms with E-state index in [9.17, 15) is 0 Å². The molecular formula is C6H14N6O. The molecule has 0 bridgehead atoms. The summed E-state index contributed by atoms with van der Waals surface area (Å²) in [6.07, 6.45) is 0. The van der Waals surface area contributed by atoms with Gasteiger partial charge < -0.3 is 16.2 Å². The molecule has 74 valence electrons. The Morgan fingerprint density at radius 2 is 1.92 bits per heavy atom. The highest BCUT2D eigenvalue weighted by Crippen LogP contribution is 2.07. The molecule has 0 spiro atoms. The maximum absolute atomic E-state index is 5.73. The predicted molar refractivity (Wildman–Crippen MR) is 49.8 cm³/mol. The summed E-state index contributed by atoms with van der Waals surface area (Å²) >= 11 is 0. The van der Waals surface area contributed by atoms with Crippen molar-refractivity contribution in [2.45, 2.75) is 12.7 Å². The number of hydrogen-bond donors (Lipinski definition) is 4. The van der Waals surface area contributed by atoms with Crippen LogP contribution in [-0.2, 0) is 4.74 Å². The van der Waals surface area contributed by atoms with Crippen LogP contribution in [0.25, 0.3) is 0 Å². The Bertz CT molecular complexity index is 230.